The third kappa shape index (κ3) is 5.12. The quantitative estimate of drug-likeness (QED) is 0.699. The van der Waals surface area contributed by atoms with E-state index in [1.165, 1.54) is 0 Å². The summed E-state index contributed by atoms with van der Waals surface area (Å²) in [5.41, 5.74) is 2.68. The lowest BCUT2D eigenvalue weighted by Crippen LogP contribution is -2.43. The van der Waals surface area contributed by atoms with Gasteiger partial charge in [0.1, 0.15) is 0 Å². The normalized spacial score (nSPS) is 17.1. The van der Waals surface area contributed by atoms with E-state index in [0.717, 1.165) is 24.0 Å². The molecule has 0 spiro atoms. The highest BCUT2D eigenvalue weighted by molar-refractivity contribution is 7.92. The average molecular weight is 456 g/mol. The van der Waals surface area contributed by atoms with Gasteiger partial charge in [-0.2, -0.15) is 0 Å². The summed E-state index contributed by atoms with van der Waals surface area (Å²) < 4.78 is 28.1. The molecule has 4 rings (SSSR count). The third-order valence-electron chi connectivity index (χ3n) is 6.23. The van der Waals surface area contributed by atoms with Gasteiger partial charge >= 0.3 is 0 Å². The van der Waals surface area contributed by atoms with Gasteiger partial charge in [0, 0.05) is 36.3 Å². The fraction of sp³-hybridized carbons (Fsp3) is 0.417. The minimum atomic E-state index is -3.76. The number of amides is 2. The van der Waals surface area contributed by atoms with E-state index >= 15 is 0 Å². The van der Waals surface area contributed by atoms with Crippen LogP contribution < -0.4 is 10.0 Å². The molecule has 2 N–H and O–H groups in total. The number of hydrogen-bond donors (Lipinski definition) is 2. The van der Waals surface area contributed by atoms with Crippen molar-refractivity contribution >= 4 is 27.5 Å². The van der Waals surface area contributed by atoms with Gasteiger partial charge in [-0.25, -0.2) is 8.42 Å². The van der Waals surface area contributed by atoms with E-state index in [1.54, 1.807) is 47.4 Å². The number of nitrogens with one attached hydrogen (secondary N) is 2. The fourth-order valence-corrected chi connectivity index (χ4v) is 5.02. The van der Waals surface area contributed by atoms with Crippen molar-refractivity contribution in [3.8, 4) is 0 Å². The Morgan fingerprint density at radius 3 is 2.31 bits per heavy atom. The summed E-state index contributed by atoms with van der Waals surface area (Å²) in [4.78, 5) is 27.1. The van der Waals surface area contributed by atoms with Gasteiger partial charge in [-0.05, 0) is 81.0 Å². The Balaban J connectivity index is 1.40. The number of hydrogen-bond acceptors (Lipinski definition) is 4. The second-order valence-electron chi connectivity index (χ2n) is 8.78. The third-order valence-corrected chi connectivity index (χ3v) is 7.61. The topological polar surface area (TPSA) is 95.6 Å². The van der Waals surface area contributed by atoms with Crippen LogP contribution in [0.25, 0.3) is 0 Å². The number of rotatable bonds is 6. The van der Waals surface area contributed by atoms with Gasteiger partial charge < -0.3 is 10.2 Å². The molecule has 2 aromatic carbocycles. The Bertz CT molecular complexity index is 1130. The van der Waals surface area contributed by atoms with E-state index in [2.05, 4.69) is 10.0 Å². The zero-order valence-electron chi connectivity index (χ0n) is 18.4. The molecule has 1 saturated carbocycles. The molecule has 170 valence electrons. The Hall–Kier alpha value is -2.87. The summed E-state index contributed by atoms with van der Waals surface area (Å²) in [6.07, 6.45) is 3.41. The maximum Gasteiger partial charge on any atom is 0.261 e. The molecule has 2 aromatic rings. The van der Waals surface area contributed by atoms with Crippen LogP contribution in [0.2, 0.25) is 0 Å². The molecule has 32 heavy (non-hydrogen) atoms. The summed E-state index contributed by atoms with van der Waals surface area (Å²) in [5, 5.41) is 3.04. The predicted molar refractivity (Wildman–Crippen MR) is 123 cm³/mol. The van der Waals surface area contributed by atoms with Crippen LogP contribution in [-0.4, -0.2) is 44.3 Å². The molecule has 1 saturated heterocycles. The van der Waals surface area contributed by atoms with Crippen LogP contribution in [0.5, 0.6) is 0 Å². The van der Waals surface area contributed by atoms with Gasteiger partial charge in [0.15, 0.2) is 0 Å². The maximum atomic E-state index is 13.0. The summed E-state index contributed by atoms with van der Waals surface area (Å²) in [5.74, 6) is -0.101. The van der Waals surface area contributed by atoms with Crippen molar-refractivity contribution in [2.75, 3.05) is 17.8 Å². The summed E-state index contributed by atoms with van der Waals surface area (Å²) in [6, 6.07) is 11.9. The molecule has 1 aliphatic heterocycles. The van der Waals surface area contributed by atoms with Gasteiger partial charge in [0.2, 0.25) is 5.91 Å². The zero-order valence-corrected chi connectivity index (χ0v) is 19.2. The van der Waals surface area contributed by atoms with E-state index in [0.29, 0.717) is 43.2 Å². The van der Waals surface area contributed by atoms with E-state index in [4.69, 9.17) is 0 Å². The number of carbonyl (C=O) groups is 2. The van der Waals surface area contributed by atoms with Crippen LogP contribution in [0, 0.1) is 19.8 Å². The predicted octanol–water partition coefficient (Wildman–Crippen LogP) is 3.24. The van der Waals surface area contributed by atoms with Gasteiger partial charge in [-0.1, -0.05) is 12.1 Å². The molecule has 2 amide bonds. The number of sulfonamides is 1. The van der Waals surface area contributed by atoms with Crippen LogP contribution in [0.3, 0.4) is 0 Å². The largest absolute Gasteiger partial charge is 0.353 e. The van der Waals surface area contributed by atoms with Crippen molar-refractivity contribution in [3.63, 3.8) is 0 Å². The molecule has 7 nitrogen and oxygen atoms in total. The molecule has 0 atom stereocenters. The smallest absolute Gasteiger partial charge is 0.261 e. The molecule has 0 bridgehead atoms. The van der Waals surface area contributed by atoms with Gasteiger partial charge in [-0.3, -0.25) is 14.3 Å². The molecule has 0 radical (unpaired) electrons. The molecule has 0 aromatic heterocycles. The van der Waals surface area contributed by atoms with Crippen molar-refractivity contribution < 1.29 is 18.0 Å². The minimum absolute atomic E-state index is 0.0456. The molecule has 8 heteroatoms. The van der Waals surface area contributed by atoms with E-state index in [1.807, 2.05) is 13.8 Å². The first kappa shape index (κ1) is 22.3. The number of anilines is 1. The Morgan fingerprint density at radius 2 is 1.66 bits per heavy atom. The van der Waals surface area contributed by atoms with Crippen LogP contribution in [-0.2, 0) is 14.8 Å². The highest BCUT2D eigenvalue weighted by Gasteiger charge is 2.31. The first-order valence-electron chi connectivity index (χ1n) is 11.0. The standard InChI is InChI=1S/C24H29N3O4S/c1-16-6-9-22(14-17(16)2)32(30,31)26-21-5-3-4-19(15-21)24(29)27-12-10-18(11-13-27)23(28)25-20-7-8-20/h3-6,9,14-15,18,20,26H,7-8,10-13H2,1-2H3,(H,25,28). The molecular formula is C24H29N3O4S. The first-order chi connectivity index (χ1) is 15.2. The monoisotopic (exact) mass is 455 g/mol. The number of benzene rings is 2. The molecule has 2 fully saturated rings. The number of carbonyl (C=O) groups excluding carboxylic acids is 2. The lowest BCUT2D eigenvalue weighted by molar-refractivity contribution is -0.126. The summed E-state index contributed by atoms with van der Waals surface area (Å²) in [6.45, 7) is 4.82. The van der Waals surface area contributed by atoms with Crippen LogP contribution in [0.4, 0.5) is 5.69 Å². The van der Waals surface area contributed by atoms with Crippen LogP contribution in [0.15, 0.2) is 47.4 Å². The van der Waals surface area contributed by atoms with Crippen LogP contribution in [0.1, 0.15) is 47.2 Å². The summed E-state index contributed by atoms with van der Waals surface area (Å²) >= 11 is 0. The van der Waals surface area contributed by atoms with E-state index in [9.17, 15) is 18.0 Å². The Kier molecular flexibility index (Phi) is 6.24. The van der Waals surface area contributed by atoms with E-state index < -0.39 is 10.0 Å². The Labute approximate surface area is 189 Å². The second-order valence-corrected chi connectivity index (χ2v) is 10.5. The zero-order chi connectivity index (χ0) is 22.9. The SMILES string of the molecule is Cc1ccc(S(=O)(=O)Nc2cccc(C(=O)N3CCC(C(=O)NC4CC4)CC3)c2)cc1C. The lowest BCUT2D eigenvalue weighted by Gasteiger charge is -2.31. The number of likely N-dealkylation sites (tertiary alicyclic amines) is 1. The van der Waals surface area contributed by atoms with Gasteiger partial charge in [0.25, 0.3) is 15.9 Å². The second kappa shape index (κ2) is 8.94. The van der Waals surface area contributed by atoms with Crippen molar-refractivity contribution in [2.45, 2.75) is 50.5 Å². The molecule has 1 aliphatic carbocycles. The molecule has 1 heterocycles. The highest BCUT2D eigenvalue weighted by Crippen LogP contribution is 2.24. The van der Waals surface area contributed by atoms with Crippen molar-refractivity contribution in [1.29, 1.82) is 0 Å². The van der Waals surface area contributed by atoms with Crippen molar-refractivity contribution in [1.82, 2.24) is 10.2 Å². The van der Waals surface area contributed by atoms with Crippen LogP contribution >= 0.6 is 0 Å². The maximum absolute atomic E-state index is 13.0. The number of nitrogens with zero attached hydrogens (tertiary/aromatic N) is 1. The fourth-order valence-electron chi connectivity index (χ4n) is 3.88. The number of piperidine rings is 1. The highest BCUT2D eigenvalue weighted by atomic mass is 32.2. The van der Waals surface area contributed by atoms with Crippen molar-refractivity contribution in [2.24, 2.45) is 5.92 Å². The molecular weight excluding hydrogens is 426 g/mol. The molecule has 0 unspecified atom stereocenters. The Morgan fingerprint density at radius 1 is 0.938 bits per heavy atom. The average Bonchev–Trinajstić information content (AvgIpc) is 3.59. The lowest BCUT2D eigenvalue weighted by atomic mass is 9.95. The minimum Gasteiger partial charge on any atom is -0.353 e. The molecule has 2 aliphatic rings. The van der Waals surface area contributed by atoms with Gasteiger partial charge in [0.05, 0.1) is 4.90 Å². The van der Waals surface area contributed by atoms with E-state index in [-0.39, 0.29) is 22.6 Å². The summed E-state index contributed by atoms with van der Waals surface area (Å²) in [7, 11) is -3.76. The van der Waals surface area contributed by atoms with Crippen molar-refractivity contribution in [3.05, 3.63) is 59.2 Å². The first-order valence-corrected chi connectivity index (χ1v) is 12.5. The van der Waals surface area contributed by atoms with Gasteiger partial charge in [-0.15, -0.1) is 0 Å². The number of aryl methyl sites for hydroxylation is 2.